The summed E-state index contributed by atoms with van der Waals surface area (Å²) in [7, 11) is 6.58. The van der Waals surface area contributed by atoms with Gasteiger partial charge in [0.1, 0.15) is 41.1 Å². The predicted octanol–water partition coefficient (Wildman–Crippen LogP) is 13.8. The smallest absolute Gasteiger partial charge is 0.228 e. The first-order valence-corrected chi connectivity index (χ1v) is 22.9. The van der Waals surface area contributed by atoms with E-state index in [0.29, 0.717) is 12.3 Å². The summed E-state index contributed by atoms with van der Waals surface area (Å²) >= 11 is 3.23. The second kappa shape index (κ2) is 20.6. The van der Waals surface area contributed by atoms with Gasteiger partial charge in [-0.25, -0.2) is 0 Å². The van der Waals surface area contributed by atoms with E-state index in [4.69, 9.17) is 23.7 Å². The Balaban J connectivity index is 0.000000186. The number of hydrogen-bond acceptors (Lipinski definition) is 10. The van der Waals surface area contributed by atoms with Crippen molar-refractivity contribution < 1.29 is 38.4 Å². The van der Waals surface area contributed by atoms with Crippen molar-refractivity contribution in [2.75, 3.05) is 38.2 Å². The second-order valence-corrected chi connectivity index (χ2v) is 17.3. The number of thiophene rings is 2. The summed E-state index contributed by atoms with van der Waals surface area (Å²) in [5.74, 6) is 3.78. The average Bonchev–Trinajstić information content (AvgIpc) is 3.92. The topological polar surface area (TPSA) is 107 Å². The minimum absolute atomic E-state index is 0.0803. The highest BCUT2D eigenvalue weighted by Crippen LogP contribution is 2.50. The van der Waals surface area contributed by atoms with Gasteiger partial charge in [0.25, 0.3) is 0 Å². The molecule has 67 heavy (non-hydrogen) atoms. The fraction of sp³-hybridized carbons (Fsp3) is 0.127. The highest BCUT2D eigenvalue weighted by atomic mass is 32.1. The lowest BCUT2D eigenvalue weighted by molar-refractivity contribution is -0.116. The van der Waals surface area contributed by atoms with Crippen molar-refractivity contribution in [1.82, 2.24) is 0 Å². The van der Waals surface area contributed by atoms with Crippen molar-refractivity contribution in [3.05, 3.63) is 169 Å². The van der Waals surface area contributed by atoms with Gasteiger partial charge in [0.05, 0.1) is 49.6 Å². The predicted molar refractivity (Wildman–Crippen MR) is 272 cm³/mol. The summed E-state index contributed by atoms with van der Waals surface area (Å²) in [6.45, 7) is 3.61. The summed E-state index contributed by atoms with van der Waals surface area (Å²) in [5, 5.41) is 11.6. The SMILES string of the molecule is COc1ccc(-c2sc3cc(OC)ccc3c2N(C(C)=O)c2ccc(O)cc2)cc1.COc1ccc(-c2sc3cc(OC)ccc3c2N(C(C)=O)c2ccc(OCc3ccccc3)cc2)cc1. The number of rotatable bonds is 13. The minimum atomic E-state index is -0.119. The lowest BCUT2D eigenvalue weighted by Gasteiger charge is -2.23. The summed E-state index contributed by atoms with van der Waals surface area (Å²) in [6, 6.07) is 51.8. The van der Waals surface area contributed by atoms with Gasteiger partial charge in [-0.15, -0.1) is 22.7 Å². The molecule has 0 saturated carbocycles. The van der Waals surface area contributed by atoms with Crippen molar-refractivity contribution in [2.45, 2.75) is 20.5 Å². The fourth-order valence-electron chi connectivity index (χ4n) is 7.67. The Morgan fingerprint density at radius 2 is 0.866 bits per heavy atom. The molecular weight excluding hydrogens is 881 g/mol. The third-order valence-corrected chi connectivity index (χ3v) is 13.4. The first kappa shape index (κ1) is 45.8. The van der Waals surface area contributed by atoms with Gasteiger partial charge in [-0.1, -0.05) is 30.3 Å². The zero-order chi connectivity index (χ0) is 47.0. The van der Waals surface area contributed by atoms with E-state index in [1.54, 1.807) is 92.1 Å². The number of amides is 2. The van der Waals surface area contributed by atoms with Gasteiger partial charge >= 0.3 is 0 Å². The zero-order valence-electron chi connectivity index (χ0n) is 37.8. The Hall–Kier alpha value is -7.80. The van der Waals surface area contributed by atoms with Crippen LogP contribution in [0.25, 0.3) is 41.1 Å². The number of nitrogens with zero attached hydrogens (tertiary/aromatic N) is 2. The number of benzene rings is 7. The highest BCUT2D eigenvalue weighted by molar-refractivity contribution is 7.23. The third-order valence-electron chi connectivity index (χ3n) is 11.0. The van der Waals surface area contributed by atoms with Crippen LogP contribution in [0.5, 0.6) is 34.5 Å². The lowest BCUT2D eigenvalue weighted by Crippen LogP contribution is -2.23. The molecule has 0 saturated heterocycles. The van der Waals surface area contributed by atoms with Crippen molar-refractivity contribution in [2.24, 2.45) is 0 Å². The second-order valence-electron chi connectivity index (χ2n) is 15.2. The average molecular weight is 929 g/mol. The normalized spacial score (nSPS) is 10.8. The number of carbonyl (C=O) groups is 2. The first-order chi connectivity index (χ1) is 32.6. The van der Waals surface area contributed by atoms with E-state index in [9.17, 15) is 14.7 Å². The Bertz CT molecular complexity index is 3130. The molecule has 0 atom stereocenters. The van der Waals surface area contributed by atoms with E-state index < -0.39 is 0 Å². The fourth-order valence-corrected chi connectivity index (χ4v) is 10.1. The van der Waals surface area contributed by atoms with Crippen LogP contribution in [0.3, 0.4) is 0 Å². The molecule has 2 aromatic heterocycles. The standard InChI is InChI=1S/C31H27NO4S.C24H21NO4S/c1-21(33)32(24-11-15-26(16-12-24)36-20-22-7-5-4-6-8-22)30-28-18-17-27(35-3)19-29(28)37-31(30)23-9-13-25(34-2)14-10-23;1-15(26)25(17-6-8-18(27)9-7-17)23-21-13-12-20(29-3)14-22(21)30-24(23)16-4-10-19(28-2)11-5-16/h4-19H,20H2,1-3H3;4-14,27H,1-3H3. The van der Waals surface area contributed by atoms with Gasteiger partial charge in [0.2, 0.25) is 11.8 Å². The zero-order valence-corrected chi connectivity index (χ0v) is 39.4. The van der Waals surface area contributed by atoms with Crippen LogP contribution >= 0.6 is 22.7 Å². The summed E-state index contributed by atoms with van der Waals surface area (Å²) in [5.41, 5.74) is 6.19. The summed E-state index contributed by atoms with van der Waals surface area (Å²) in [6.07, 6.45) is 0. The number of carbonyl (C=O) groups excluding carboxylic acids is 2. The van der Waals surface area contributed by atoms with Gasteiger partial charge in [0.15, 0.2) is 0 Å². The summed E-state index contributed by atoms with van der Waals surface area (Å²) in [4.78, 5) is 31.4. The van der Waals surface area contributed by atoms with Crippen molar-refractivity contribution in [3.63, 3.8) is 0 Å². The molecule has 0 aliphatic rings. The van der Waals surface area contributed by atoms with Gasteiger partial charge in [-0.05, 0) is 150 Å². The van der Waals surface area contributed by atoms with Gasteiger partial charge in [0, 0.05) is 45.4 Å². The maximum Gasteiger partial charge on any atom is 0.228 e. The number of hydrogen-bond donors (Lipinski definition) is 1. The molecular formula is C55H48N2O8S2. The Morgan fingerprint density at radius 3 is 1.27 bits per heavy atom. The van der Waals surface area contributed by atoms with Crippen LogP contribution in [0.4, 0.5) is 22.7 Å². The molecule has 10 nitrogen and oxygen atoms in total. The van der Waals surface area contributed by atoms with Crippen molar-refractivity contribution in [1.29, 1.82) is 0 Å². The molecule has 7 aromatic carbocycles. The monoisotopic (exact) mass is 928 g/mol. The van der Waals surface area contributed by atoms with Gasteiger partial charge < -0.3 is 28.8 Å². The molecule has 0 unspecified atom stereocenters. The number of phenolic OH excluding ortho intramolecular Hbond substituents is 1. The van der Waals surface area contributed by atoms with Crippen LogP contribution in [0.15, 0.2) is 164 Å². The molecule has 338 valence electrons. The highest BCUT2D eigenvalue weighted by Gasteiger charge is 2.26. The number of fused-ring (bicyclic) bond motifs is 2. The van der Waals surface area contributed by atoms with Crippen LogP contribution in [0.1, 0.15) is 19.4 Å². The van der Waals surface area contributed by atoms with Crippen LogP contribution in [0, 0.1) is 0 Å². The van der Waals surface area contributed by atoms with E-state index in [2.05, 4.69) is 0 Å². The van der Waals surface area contributed by atoms with E-state index >= 15 is 0 Å². The number of ether oxygens (including phenoxy) is 5. The van der Waals surface area contributed by atoms with E-state index in [0.717, 1.165) is 92.4 Å². The molecule has 2 amide bonds. The summed E-state index contributed by atoms with van der Waals surface area (Å²) < 4.78 is 29.5. The molecule has 1 N–H and O–H groups in total. The van der Waals surface area contributed by atoms with Gasteiger partial charge in [-0.3, -0.25) is 19.4 Å². The number of phenols is 1. The molecule has 2 heterocycles. The minimum Gasteiger partial charge on any atom is -0.508 e. The van der Waals surface area contributed by atoms with E-state index in [1.165, 1.54) is 6.92 Å². The first-order valence-electron chi connectivity index (χ1n) is 21.3. The number of methoxy groups -OCH3 is 4. The van der Waals surface area contributed by atoms with Crippen LogP contribution in [0.2, 0.25) is 0 Å². The van der Waals surface area contributed by atoms with Crippen LogP contribution < -0.4 is 33.5 Å². The van der Waals surface area contributed by atoms with E-state index in [-0.39, 0.29) is 17.6 Å². The molecule has 0 spiro atoms. The molecule has 0 radical (unpaired) electrons. The molecule has 0 aliphatic carbocycles. The third kappa shape index (κ3) is 10.1. The Labute approximate surface area is 397 Å². The van der Waals surface area contributed by atoms with E-state index in [1.807, 2.05) is 140 Å². The molecule has 9 aromatic rings. The van der Waals surface area contributed by atoms with Crippen LogP contribution in [-0.2, 0) is 16.2 Å². The molecule has 0 fully saturated rings. The number of anilines is 4. The maximum absolute atomic E-state index is 13.1. The molecule has 0 bridgehead atoms. The largest absolute Gasteiger partial charge is 0.508 e. The Kier molecular flexibility index (Phi) is 14.1. The molecule has 0 aliphatic heterocycles. The molecule has 9 rings (SSSR count). The van der Waals surface area contributed by atoms with Crippen molar-refractivity contribution >= 4 is 77.4 Å². The van der Waals surface area contributed by atoms with Crippen LogP contribution in [-0.4, -0.2) is 45.4 Å². The molecule has 12 heteroatoms. The Morgan fingerprint density at radius 1 is 0.478 bits per heavy atom. The quantitative estimate of drug-likeness (QED) is 0.122. The van der Waals surface area contributed by atoms with Gasteiger partial charge in [-0.2, -0.15) is 0 Å². The lowest BCUT2D eigenvalue weighted by atomic mass is 10.1. The van der Waals surface area contributed by atoms with Crippen molar-refractivity contribution in [3.8, 4) is 55.4 Å². The number of aromatic hydroxyl groups is 1. The maximum atomic E-state index is 13.1.